The SMILES string of the molecule is CC(=S)OCCCN1C(=O)c2ccccc2C1=O. The van der Waals surface area contributed by atoms with Gasteiger partial charge in [0.15, 0.2) is 5.05 Å². The highest BCUT2D eigenvalue weighted by molar-refractivity contribution is 7.80. The van der Waals surface area contributed by atoms with E-state index in [1.807, 2.05) is 0 Å². The lowest BCUT2D eigenvalue weighted by atomic mass is 10.1. The van der Waals surface area contributed by atoms with E-state index in [4.69, 9.17) is 17.0 Å². The number of hydrogen-bond acceptors (Lipinski definition) is 4. The highest BCUT2D eigenvalue weighted by atomic mass is 32.1. The predicted octanol–water partition coefficient (Wildman–Crippen LogP) is 2.04. The molecule has 1 aromatic carbocycles. The van der Waals surface area contributed by atoms with Crippen LogP contribution < -0.4 is 0 Å². The summed E-state index contributed by atoms with van der Waals surface area (Å²) in [5.74, 6) is -0.454. The van der Waals surface area contributed by atoms with E-state index >= 15 is 0 Å². The van der Waals surface area contributed by atoms with Crippen LogP contribution in [-0.4, -0.2) is 34.9 Å². The molecule has 1 aliphatic rings. The van der Waals surface area contributed by atoms with E-state index in [0.717, 1.165) is 0 Å². The van der Waals surface area contributed by atoms with Crippen molar-refractivity contribution in [2.24, 2.45) is 0 Å². The monoisotopic (exact) mass is 263 g/mol. The fraction of sp³-hybridized carbons (Fsp3) is 0.308. The first kappa shape index (κ1) is 12.7. The molecule has 0 atom stereocenters. The smallest absolute Gasteiger partial charge is 0.261 e. The minimum Gasteiger partial charge on any atom is -0.487 e. The normalized spacial score (nSPS) is 13.7. The van der Waals surface area contributed by atoms with Gasteiger partial charge in [0, 0.05) is 13.5 Å². The summed E-state index contributed by atoms with van der Waals surface area (Å²) in [5.41, 5.74) is 0.962. The van der Waals surface area contributed by atoms with Gasteiger partial charge in [-0.05, 0) is 30.8 Å². The summed E-state index contributed by atoms with van der Waals surface area (Å²) in [4.78, 5) is 25.2. The highest BCUT2D eigenvalue weighted by Crippen LogP contribution is 2.22. The number of carbonyl (C=O) groups is 2. The molecule has 4 nitrogen and oxygen atoms in total. The van der Waals surface area contributed by atoms with E-state index in [1.165, 1.54) is 4.90 Å². The Morgan fingerprint density at radius 3 is 2.28 bits per heavy atom. The molecule has 94 valence electrons. The van der Waals surface area contributed by atoms with Crippen LogP contribution in [0.1, 0.15) is 34.1 Å². The summed E-state index contributed by atoms with van der Waals surface area (Å²) in [5, 5.41) is 0.470. The number of amides is 2. The van der Waals surface area contributed by atoms with E-state index < -0.39 is 0 Å². The van der Waals surface area contributed by atoms with Gasteiger partial charge in [0.05, 0.1) is 17.7 Å². The summed E-state index contributed by atoms with van der Waals surface area (Å²) in [6.45, 7) is 2.47. The van der Waals surface area contributed by atoms with Crippen LogP contribution in [0.25, 0.3) is 0 Å². The van der Waals surface area contributed by atoms with E-state index in [-0.39, 0.29) is 11.8 Å². The predicted molar refractivity (Wildman–Crippen MR) is 70.7 cm³/mol. The van der Waals surface area contributed by atoms with Gasteiger partial charge in [-0.1, -0.05) is 12.1 Å². The van der Waals surface area contributed by atoms with Crippen molar-refractivity contribution in [1.29, 1.82) is 0 Å². The first-order valence-electron chi connectivity index (χ1n) is 5.70. The van der Waals surface area contributed by atoms with Gasteiger partial charge < -0.3 is 4.74 Å². The molecule has 0 aromatic heterocycles. The van der Waals surface area contributed by atoms with E-state index in [9.17, 15) is 9.59 Å². The summed E-state index contributed by atoms with van der Waals surface area (Å²) in [6, 6.07) is 6.86. The van der Waals surface area contributed by atoms with Crippen molar-refractivity contribution in [3.05, 3.63) is 35.4 Å². The third-order valence-corrected chi connectivity index (χ3v) is 2.83. The Balaban J connectivity index is 1.99. The molecule has 0 bridgehead atoms. The van der Waals surface area contributed by atoms with Crippen molar-refractivity contribution in [3.8, 4) is 0 Å². The molecule has 0 spiro atoms. The van der Waals surface area contributed by atoms with Crippen LogP contribution in [0.15, 0.2) is 24.3 Å². The molecular formula is C13H13NO3S. The number of rotatable bonds is 4. The van der Waals surface area contributed by atoms with Crippen molar-refractivity contribution >= 4 is 29.1 Å². The fourth-order valence-corrected chi connectivity index (χ4v) is 1.96. The lowest BCUT2D eigenvalue weighted by molar-refractivity contribution is 0.0646. The minimum absolute atomic E-state index is 0.227. The molecule has 2 amide bonds. The van der Waals surface area contributed by atoms with E-state index in [2.05, 4.69) is 0 Å². The molecule has 1 heterocycles. The average molecular weight is 263 g/mol. The van der Waals surface area contributed by atoms with Gasteiger partial charge in [-0.15, -0.1) is 0 Å². The van der Waals surface area contributed by atoms with Gasteiger partial charge in [0.1, 0.15) is 0 Å². The Labute approximate surface area is 111 Å². The molecule has 1 aromatic rings. The molecule has 0 fully saturated rings. The van der Waals surface area contributed by atoms with Crippen molar-refractivity contribution in [3.63, 3.8) is 0 Å². The van der Waals surface area contributed by atoms with Crippen molar-refractivity contribution in [2.45, 2.75) is 13.3 Å². The van der Waals surface area contributed by atoms with E-state index in [1.54, 1.807) is 31.2 Å². The maximum absolute atomic E-state index is 12.0. The number of imide groups is 1. The van der Waals surface area contributed by atoms with Gasteiger partial charge in [0.25, 0.3) is 11.8 Å². The second-order valence-corrected chi connectivity index (χ2v) is 4.58. The lowest BCUT2D eigenvalue weighted by Gasteiger charge is -2.13. The number of carbonyl (C=O) groups excluding carboxylic acids is 2. The third-order valence-electron chi connectivity index (χ3n) is 2.71. The fourth-order valence-electron chi connectivity index (χ4n) is 1.88. The molecule has 0 aliphatic carbocycles. The third kappa shape index (κ3) is 2.41. The summed E-state index contributed by atoms with van der Waals surface area (Å²) in [7, 11) is 0. The lowest BCUT2D eigenvalue weighted by Crippen LogP contribution is -2.31. The van der Waals surface area contributed by atoms with Crippen LogP contribution in [-0.2, 0) is 4.74 Å². The Morgan fingerprint density at radius 1 is 1.22 bits per heavy atom. The maximum atomic E-state index is 12.0. The summed E-state index contributed by atoms with van der Waals surface area (Å²) < 4.78 is 5.13. The second-order valence-electron chi connectivity index (χ2n) is 4.00. The Hall–Kier alpha value is -1.75. The molecule has 0 unspecified atom stereocenters. The molecule has 5 heteroatoms. The zero-order valence-corrected chi connectivity index (χ0v) is 10.8. The summed E-state index contributed by atoms with van der Waals surface area (Å²) >= 11 is 4.78. The zero-order valence-electron chi connectivity index (χ0n) is 10.0. The minimum atomic E-state index is -0.227. The average Bonchev–Trinajstić information content (AvgIpc) is 2.59. The number of thiocarbonyl (C=S) groups is 1. The number of ether oxygens (including phenoxy) is 1. The molecule has 0 saturated heterocycles. The largest absolute Gasteiger partial charge is 0.487 e. The van der Waals surface area contributed by atoms with Crippen LogP contribution in [0.2, 0.25) is 0 Å². The quantitative estimate of drug-likeness (QED) is 0.474. The first-order valence-corrected chi connectivity index (χ1v) is 6.10. The van der Waals surface area contributed by atoms with E-state index in [0.29, 0.717) is 35.7 Å². The van der Waals surface area contributed by atoms with Crippen LogP contribution in [0.4, 0.5) is 0 Å². The van der Waals surface area contributed by atoms with Crippen molar-refractivity contribution in [1.82, 2.24) is 4.90 Å². The zero-order chi connectivity index (χ0) is 13.1. The topological polar surface area (TPSA) is 46.6 Å². The maximum Gasteiger partial charge on any atom is 0.261 e. The molecule has 2 rings (SSSR count). The molecule has 18 heavy (non-hydrogen) atoms. The van der Waals surface area contributed by atoms with Gasteiger partial charge in [0.2, 0.25) is 0 Å². The standard InChI is InChI=1S/C13H13NO3S/c1-9(18)17-8-4-7-14-12(15)10-5-2-3-6-11(10)13(14)16/h2-3,5-6H,4,7-8H2,1H3. The van der Waals surface area contributed by atoms with Crippen LogP contribution in [0, 0.1) is 0 Å². The van der Waals surface area contributed by atoms with Crippen LogP contribution in [0.5, 0.6) is 0 Å². The molecule has 1 aliphatic heterocycles. The van der Waals surface area contributed by atoms with Gasteiger partial charge in [-0.3, -0.25) is 14.5 Å². The van der Waals surface area contributed by atoms with Crippen molar-refractivity contribution < 1.29 is 14.3 Å². The van der Waals surface area contributed by atoms with Gasteiger partial charge in [-0.25, -0.2) is 0 Å². The number of benzene rings is 1. The number of fused-ring (bicyclic) bond motifs is 1. The Kier molecular flexibility index (Phi) is 3.72. The number of nitrogens with zero attached hydrogens (tertiary/aromatic N) is 1. The molecule has 0 radical (unpaired) electrons. The first-order chi connectivity index (χ1) is 8.61. The van der Waals surface area contributed by atoms with Crippen molar-refractivity contribution in [2.75, 3.05) is 13.2 Å². The van der Waals surface area contributed by atoms with Crippen LogP contribution in [0.3, 0.4) is 0 Å². The Bertz CT molecular complexity index is 478. The van der Waals surface area contributed by atoms with Crippen LogP contribution >= 0.6 is 12.2 Å². The molecule has 0 saturated carbocycles. The van der Waals surface area contributed by atoms with Gasteiger partial charge >= 0.3 is 0 Å². The molecular weight excluding hydrogens is 250 g/mol. The molecule has 0 N–H and O–H groups in total. The second kappa shape index (κ2) is 5.27. The Morgan fingerprint density at radius 2 is 1.78 bits per heavy atom. The number of hydrogen-bond donors (Lipinski definition) is 0. The van der Waals surface area contributed by atoms with Gasteiger partial charge in [-0.2, -0.15) is 0 Å². The highest BCUT2D eigenvalue weighted by Gasteiger charge is 2.34. The summed E-state index contributed by atoms with van der Waals surface area (Å²) in [6.07, 6.45) is 0.583.